The van der Waals surface area contributed by atoms with Crippen molar-refractivity contribution in [2.45, 2.75) is 43.8 Å². The van der Waals surface area contributed by atoms with Crippen LogP contribution in [0.15, 0.2) is 46.3 Å². The molecule has 1 aromatic heterocycles. The Morgan fingerprint density at radius 3 is 2.84 bits per heavy atom. The molecule has 2 heterocycles. The van der Waals surface area contributed by atoms with Crippen LogP contribution in [0.4, 0.5) is 0 Å². The summed E-state index contributed by atoms with van der Waals surface area (Å²) in [6.07, 6.45) is 1.12. The number of carbonyl (C=O) groups is 1. The number of nitrogens with one attached hydrogen (secondary N) is 1. The number of fused-ring (bicyclic) bond motifs is 1. The molecule has 1 atom stereocenters. The van der Waals surface area contributed by atoms with Crippen molar-refractivity contribution >= 4 is 17.7 Å². The predicted molar refractivity (Wildman–Crippen MR) is 100 cm³/mol. The van der Waals surface area contributed by atoms with Gasteiger partial charge in [-0.3, -0.25) is 14.2 Å². The zero-order valence-corrected chi connectivity index (χ0v) is 15.4. The Hall–Kier alpha value is -2.08. The molecule has 1 N–H and O–H groups in total. The van der Waals surface area contributed by atoms with E-state index in [-0.39, 0.29) is 23.4 Å². The van der Waals surface area contributed by atoms with Crippen molar-refractivity contribution in [3.8, 4) is 0 Å². The van der Waals surface area contributed by atoms with E-state index in [1.54, 1.807) is 22.4 Å². The molecule has 2 aromatic rings. The Morgan fingerprint density at radius 1 is 1.36 bits per heavy atom. The van der Waals surface area contributed by atoms with Gasteiger partial charge in [-0.25, -0.2) is 4.98 Å². The highest BCUT2D eigenvalue weighted by atomic mass is 32.2. The first-order valence-corrected chi connectivity index (χ1v) is 9.60. The summed E-state index contributed by atoms with van der Waals surface area (Å²) in [5, 5.41) is 3.69. The Labute approximate surface area is 151 Å². The zero-order chi connectivity index (χ0) is 17.8. The molecule has 6 heteroatoms. The van der Waals surface area contributed by atoms with Crippen molar-refractivity contribution in [3.05, 3.63) is 58.0 Å². The van der Waals surface area contributed by atoms with Crippen LogP contribution in [0.5, 0.6) is 0 Å². The summed E-state index contributed by atoms with van der Waals surface area (Å²) in [4.78, 5) is 29.2. The molecule has 0 saturated carbocycles. The fraction of sp³-hybridized carbons (Fsp3) is 0.421. The van der Waals surface area contributed by atoms with Gasteiger partial charge in [-0.1, -0.05) is 55.9 Å². The molecule has 0 radical (unpaired) electrons. The molecule has 1 aliphatic heterocycles. The molecule has 1 unspecified atom stereocenters. The van der Waals surface area contributed by atoms with E-state index in [9.17, 15) is 9.59 Å². The molecule has 132 valence electrons. The van der Waals surface area contributed by atoms with Crippen LogP contribution in [0.1, 0.15) is 43.5 Å². The lowest BCUT2D eigenvalue weighted by Crippen LogP contribution is -2.31. The second kappa shape index (κ2) is 7.87. The van der Waals surface area contributed by atoms with Crippen LogP contribution in [0.2, 0.25) is 0 Å². The van der Waals surface area contributed by atoms with E-state index in [0.29, 0.717) is 13.0 Å². The summed E-state index contributed by atoms with van der Waals surface area (Å²) >= 11 is 1.56. The average molecular weight is 357 g/mol. The van der Waals surface area contributed by atoms with Gasteiger partial charge in [-0.2, -0.15) is 0 Å². The maximum absolute atomic E-state index is 12.4. The van der Waals surface area contributed by atoms with Crippen molar-refractivity contribution in [3.63, 3.8) is 0 Å². The molecular weight excluding hydrogens is 334 g/mol. The van der Waals surface area contributed by atoms with E-state index in [0.717, 1.165) is 23.0 Å². The molecule has 0 fully saturated rings. The van der Waals surface area contributed by atoms with E-state index >= 15 is 0 Å². The van der Waals surface area contributed by atoms with E-state index in [4.69, 9.17) is 0 Å². The highest BCUT2D eigenvalue weighted by Crippen LogP contribution is 2.32. The molecule has 25 heavy (non-hydrogen) atoms. The Kier molecular flexibility index (Phi) is 5.58. The SMILES string of the molecule is CC(C)c1cc(=O)n2c(n1)SCC2CC(=O)NCCc1ccccc1. The van der Waals surface area contributed by atoms with Gasteiger partial charge < -0.3 is 5.32 Å². The van der Waals surface area contributed by atoms with E-state index in [2.05, 4.69) is 10.3 Å². The van der Waals surface area contributed by atoms with Gasteiger partial charge in [0.15, 0.2) is 5.16 Å². The van der Waals surface area contributed by atoms with Gasteiger partial charge in [0.05, 0.1) is 11.7 Å². The number of rotatable bonds is 6. The third-order valence-corrected chi connectivity index (χ3v) is 5.40. The second-order valence-electron chi connectivity index (χ2n) is 6.58. The quantitative estimate of drug-likeness (QED) is 0.808. The van der Waals surface area contributed by atoms with Crippen molar-refractivity contribution in [1.82, 2.24) is 14.9 Å². The molecule has 1 aliphatic rings. The van der Waals surface area contributed by atoms with Crippen LogP contribution in [0, 0.1) is 0 Å². The van der Waals surface area contributed by atoms with Crippen molar-refractivity contribution in [1.29, 1.82) is 0 Å². The van der Waals surface area contributed by atoms with Crippen molar-refractivity contribution in [2.75, 3.05) is 12.3 Å². The highest BCUT2D eigenvalue weighted by molar-refractivity contribution is 7.99. The molecular formula is C19H23N3O2S. The van der Waals surface area contributed by atoms with Gasteiger partial charge in [0.1, 0.15) is 0 Å². The molecule has 0 aliphatic carbocycles. The van der Waals surface area contributed by atoms with Crippen LogP contribution in [-0.4, -0.2) is 27.8 Å². The van der Waals surface area contributed by atoms with Crippen molar-refractivity contribution in [2.24, 2.45) is 0 Å². The fourth-order valence-electron chi connectivity index (χ4n) is 2.89. The fourth-order valence-corrected chi connectivity index (χ4v) is 4.05. The standard InChI is InChI=1S/C19H23N3O2S/c1-13(2)16-11-18(24)22-15(12-25-19(22)21-16)10-17(23)20-9-8-14-6-4-3-5-7-14/h3-7,11,13,15H,8-10,12H2,1-2H3,(H,20,23). The second-order valence-corrected chi connectivity index (χ2v) is 7.57. The summed E-state index contributed by atoms with van der Waals surface area (Å²) in [5.41, 5.74) is 1.96. The first-order valence-electron chi connectivity index (χ1n) is 8.61. The van der Waals surface area contributed by atoms with Crippen LogP contribution in [0.3, 0.4) is 0 Å². The minimum absolute atomic E-state index is 0.0192. The van der Waals surface area contributed by atoms with Gasteiger partial charge in [-0.15, -0.1) is 0 Å². The summed E-state index contributed by atoms with van der Waals surface area (Å²) in [5.74, 6) is 0.921. The number of benzene rings is 1. The topological polar surface area (TPSA) is 64.0 Å². The minimum atomic E-state index is -0.113. The van der Waals surface area contributed by atoms with Gasteiger partial charge in [0, 0.05) is 24.8 Å². The average Bonchev–Trinajstić information content (AvgIpc) is 2.99. The van der Waals surface area contributed by atoms with Crippen molar-refractivity contribution < 1.29 is 4.79 Å². The predicted octanol–water partition coefficient (Wildman–Crippen LogP) is 2.76. The van der Waals surface area contributed by atoms with E-state index in [1.165, 1.54) is 5.56 Å². The third kappa shape index (κ3) is 4.31. The van der Waals surface area contributed by atoms with Crippen LogP contribution < -0.4 is 10.9 Å². The first-order chi connectivity index (χ1) is 12.0. The molecule has 0 saturated heterocycles. The largest absolute Gasteiger partial charge is 0.356 e. The minimum Gasteiger partial charge on any atom is -0.356 e. The molecule has 1 amide bonds. The lowest BCUT2D eigenvalue weighted by atomic mass is 10.1. The Morgan fingerprint density at radius 2 is 2.12 bits per heavy atom. The van der Waals surface area contributed by atoms with Gasteiger partial charge in [-0.05, 0) is 17.9 Å². The Balaban J connectivity index is 1.58. The number of hydrogen-bond acceptors (Lipinski definition) is 4. The lowest BCUT2D eigenvalue weighted by Gasteiger charge is -2.14. The summed E-state index contributed by atoms with van der Waals surface area (Å²) in [7, 11) is 0. The number of thioether (sulfide) groups is 1. The summed E-state index contributed by atoms with van der Waals surface area (Å²) in [6.45, 7) is 4.65. The van der Waals surface area contributed by atoms with Crippen LogP contribution in [0.25, 0.3) is 0 Å². The van der Waals surface area contributed by atoms with Gasteiger partial charge >= 0.3 is 0 Å². The molecule has 3 rings (SSSR count). The molecule has 1 aromatic carbocycles. The smallest absolute Gasteiger partial charge is 0.254 e. The summed E-state index contributed by atoms with van der Waals surface area (Å²) in [6, 6.07) is 11.6. The van der Waals surface area contributed by atoms with Gasteiger partial charge in [0.2, 0.25) is 5.91 Å². The summed E-state index contributed by atoms with van der Waals surface area (Å²) < 4.78 is 1.67. The number of nitrogens with zero attached hydrogens (tertiary/aromatic N) is 2. The lowest BCUT2D eigenvalue weighted by molar-refractivity contribution is -0.121. The van der Waals surface area contributed by atoms with Crippen LogP contribution >= 0.6 is 11.8 Å². The Bertz CT molecular complexity index is 802. The van der Waals surface area contributed by atoms with E-state index in [1.807, 2.05) is 44.2 Å². The third-order valence-electron chi connectivity index (χ3n) is 4.30. The maximum atomic E-state index is 12.4. The highest BCUT2D eigenvalue weighted by Gasteiger charge is 2.27. The molecule has 0 bridgehead atoms. The maximum Gasteiger partial charge on any atom is 0.254 e. The zero-order valence-electron chi connectivity index (χ0n) is 14.6. The number of hydrogen-bond donors (Lipinski definition) is 1. The first kappa shape index (κ1) is 17.7. The number of carbonyl (C=O) groups excluding carboxylic acids is 1. The normalized spacial score (nSPS) is 16.0. The van der Waals surface area contributed by atoms with Crippen LogP contribution in [-0.2, 0) is 11.2 Å². The monoisotopic (exact) mass is 357 g/mol. The molecule has 0 spiro atoms. The number of amides is 1. The van der Waals surface area contributed by atoms with E-state index < -0.39 is 0 Å². The molecule has 5 nitrogen and oxygen atoms in total. The number of aromatic nitrogens is 2. The van der Waals surface area contributed by atoms with Gasteiger partial charge in [0.25, 0.3) is 5.56 Å².